The lowest BCUT2D eigenvalue weighted by atomic mass is 9.75. The van der Waals surface area contributed by atoms with Crippen molar-refractivity contribution in [3.63, 3.8) is 0 Å². The number of para-hydroxylation sites is 3. The van der Waals surface area contributed by atoms with Crippen molar-refractivity contribution in [2.75, 3.05) is 0 Å². The molecule has 1 aliphatic rings. The summed E-state index contributed by atoms with van der Waals surface area (Å²) in [6.45, 7) is 4.56. The zero-order chi connectivity index (χ0) is 36.0. The molecule has 54 heavy (non-hydrogen) atoms. The smallest absolute Gasteiger partial charge is 0.164 e. The van der Waals surface area contributed by atoms with Gasteiger partial charge in [0.25, 0.3) is 0 Å². The van der Waals surface area contributed by atoms with Gasteiger partial charge in [0, 0.05) is 60.5 Å². The Kier molecular flexibility index (Phi) is 6.49. The van der Waals surface area contributed by atoms with Crippen LogP contribution in [0.25, 0.3) is 83.6 Å². The molecule has 0 fully saturated rings. The summed E-state index contributed by atoms with van der Waals surface area (Å²) in [4.78, 5) is 15.1. The molecule has 0 spiro atoms. The normalized spacial score (nSPS) is 13.3. The first kappa shape index (κ1) is 30.6. The second-order valence-electron chi connectivity index (χ2n) is 14.4. The predicted octanol–water partition coefficient (Wildman–Crippen LogP) is 12.3. The van der Waals surface area contributed by atoms with Crippen molar-refractivity contribution in [3.05, 3.63) is 169 Å². The summed E-state index contributed by atoms with van der Waals surface area (Å²) in [5.41, 5.74) is 9.72. The molecule has 0 saturated carbocycles. The molecule has 0 aliphatic carbocycles. The average molecular weight is 697 g/mol. The zero-order valence-electron chi connectivity index (χ0n) is 29.6. The van der Waals surface area contributed by atoms with Gasteiger partial charge in [0.1, 0.15) is 16.9 Å². The number of ether oxygens (including phenoxy) is 1. The molecule has 7 aromatic carbocycles. The molecule has 256 valence electrons. The van der Waals surface area contributed by atoms with Gasteiger partial charge in [-0.25, -0.2) is 15.0 Å². The molecule has 4 heterocycles. The van der Waals surface area contributed by atoms with Crippen LogP contribution < -0.4 is 4.74 Å². The molecule has 0 unspecified atom stereocenters. The van der Waals surface area contributed by atoms with E-state index in [2.05, 4.69) is 109 Å². The standard InChI is InChI=1S/C48H32N4O2/c1-48(2)37-16-8-11-19-42(37)54-44-38(48)26-25-35-33-14-6-9-17-39(33)52(43(35)44)32-23-20-30(21-24-32)46-49-45(29-12-4-3-5-13-29)50-47(51-46)31-22-27-41-36(28-31)34-15-7-10-18-40(34)53-41/h3-28H,1-2H3. The second kappa shape index (κ2) is 11.5. The van der Waals surface area contributed by atoms with Crippen LogP contribution in [0, 0.1) is 0 Å². The molecule has 6 nitrogen and oxygen atoms in total. The van der Waals surface area contributed by atoms with Gasteiger partial charge in [0.2, 0.25) is 0 Å². The van der Waals surface area contributed by atoms with E-state index in [1.165, 1.54) is 16.5 Å². The van der Waals surface area contributed by atoms with Crippen LogP contribution in [0.2, 0.25) is 0 Å². The summed E-state index contributed by atoms with van der Waals surface area (Å²) in [7, 11) is 0. The molecule has 11 rings (SSSR count). The quantitative estimate of drug-likeness (QED) is 0.183. The number of nitrogens with zero attached hydrogens (tertiary/aromatic N) is 4. The Morgan fingerprint density at radius 1 is 0.481 bits per heavy atom. The van der Waals surface area contributed by atoms with E-state index in [-0.39, 0.29) is 5.41 Å². The summed E-state index contributed by atoms with van der Waals surface area (Å²) < 4.78 is 15.3. The minimum Gasteiger partial charge on any atom is -0.456 e. The lowest BCUT2D eigenvalue weighted by Crippen LogP contribution is -2.24. The van der Waals surface area contributed by atoms with Crippen molar-refractivity contribution in [1.82, 2.24) is 19.5 Å². The lowest BCUT2D eigenvalue weighted by Gasteiger charge is -2.35. The van der Waals surface area contributed by atoms with Crippen LogP contribution in [-0.4, -0.2) is 19.5 Å². The third kappa shape index (κ3) is 4.56. The van der Waals surface area contributed by atoms with Crippen LogP contribution >= 0.6 is 0 Å². The first-order chi connectivity index (χ1) is 26.5. The van der Waals surface area contributed by atoms with Gasteiger partial charge in [-0.15, -0.1) is 0 Å². The van der Waals surface area contributed by atoms with Crippen molar-refractivity contribution in [2.45, 2.75) is 19.3 Å². The Bertz CT molecular complexity index is 3100. The van der Waals surface area contributed by atoms with E-state index in [4.69, 9.17) is 24.1 Å². The molecule has 0 N–H and O–H groups in total. The zero-order valence-corrected chi connectivity index (χ0v) is 29.6. The van der Waals surface area contributed by atoms with Gasteiger partial charge in [-0.3, -0.25) is 0 Å². The van der Waals surface area contributed by atoms with Crippen LogP contribution in [0.15, 0.2) is 162 Å². The minimum absolute atomic E-state index is 0.231. The van der Waals surface area contributed by atoms with Crippen LogP contribution in [0.4, 0.5) is 0 Å². The largest absolute Gasteiger partial charge is 0.456 e. The van der Waals surface area contributed by atoms with Crippen LogP contribution in [-0.2, 0) is 5.41 Å². The fourth-order valence-corrected chi connectivity index (χ4v) is 8.19. The maximum Gasteiger partial charge on any atom is 0.164 e. The number of furan rings is 1. The Balaban J connectivity index is 1.07. The topological polar surface area (TPSA) is 66.0 Å². The molecular formula is C48H32N4O2. The van der Waals surface area contributed by atoms with Crippen molar-refractivity contribution >= 4 is 43.7 Å². The maximum atomic E-state index is 6.81. The SMILES string of the molecule is CC1(C)c2ccccc2Oc2c1ccc1c3ccccc3n(-c3ccc(-c4nc(-c5ccccc5)nc(-c5ccc6oc7ccccc7c6c5)n4)cc3)c21. The van der Waals surface area contributed by atoms with Crippen molar-refractivity contribution in [2.24, 2.45) is 0 Å². The summed E-state index contributed by atoms with van der Waals surface area (Å²) in [5.74, 6) is 3.61. The molecule has 1 aliphatic heterocycles. The third-order valence-electron chi connectivity index (χ3n) is 10.9. The number of hydrogen-bond donors (Lipinski definition) is 0. The van der Waals surface area contributed by atoms with Gasteiger partial charge in [-0.2, -0.15) is 0 Å². The van der Waals surface area contributed by atoms with Gasteiger partial charge in [-0.1, -0.05) is 111 Å². The van der Waals surface area contributed by atoms with E-state index in [0.29, 0.717) is 17.5 Å². The Morgan fingerprint density at radius 2 is 1.11 bits per heavy atom. The third-order valence-corrected chi connectivity index (χ3v) is 10.9. The first-order valence-corrected chi connectivity index (χ1v) is 18.2. The summed E-state index contributed by atoms with van der Waals surface area (Å²) in [6, 6.07) is 54.2. The first-order valence-electron chi connectivity index (χ1n) is 18.2. The summed E-state index contributed by atoms with van der Waals surface area (Å²) >= 11 is 0. The number of rotatable bonds is 4. The van der Waals surface area contributed by atoms with Crippen LogP contribution in [0.1, 0.15) is 25.0 Å². The number of benzene rings is 7. The highest BCUT2D eigenvalue weighted by molar-refractivity contribution is 6.12. The fraction of sp³-hybridized carbons (Fsp3) is 0.0625. The van der Waals surface area contributed by atoms with Crippen molar-refractivity contribution in [3.8, 4) is 51.3 Å². The van der Waals surface area contributed by atoms with Crippen LogP contribution in [0.5, 0.6) is 11.5 Å². The molecule has 10 aromatic rings. The molecular weight excluding hydrogens is 665 g/mol. The Labute approximate surface area is 311 Å². The van der Waals surface area contributed by atoms with E-state index in [1.807, 2.05) is 66.7 Å². The van der Waals surface area contributed by atoms with Gasteiger partial charge in [-0.05, 0) is 60.7 Å². The average Bonchev–Trinajstić information content (AvgIpc) is 3.77. The van der Waals surface area contributed by atoms with Gasteiger partial charge in [0.15, 0.2) is 23.2 Å². The maximum absolute atomic E-state index is 6.81. The van der Waals surface area contributed by atoms with Gasteiger partial charge >= 0.3 is 0 Å². The number of hydrogen-bond acceptors (Lipinski definition) is 5. The van der Waals surface area contributed by atoms with Gasteiger partial charge in [0.05, 0.1) is 11.0 Å². The number of aromatic nitrogens is 4. The van der Waals surface area contributed by atoms with Gasteiger partial charge < -0.3 is 13.7 Å². The minimum atomic E-state index is -0.231. The molecule has 0 radical (unpaired) electrons. The van der Waals surface area contributed by atoms with E-state index in [0.717, 1.165) is 72.2 Å². The number of fused-ring (bicyclic) bond motifs is 9. The van der Waals surface area contributed by atoms with E-state index >= 15 is 0 Å². The van der Waals surface area contributed by atoms with E-state index < -0.39 is 0 Å². The molecule has 0 atom stereocenters. The highest BCUT2D eigenvalue weighted by Gasteiger charge is 2.36. The molecule has 0 amide bonds. The highest BCUT2D eigenvalue weighted by Crippen LogP contribution is 2.52. The molecule has 0 saturated heterocycles. The van der Waals surface area contributed by atoms with E-state index in [1.54, 1.807) is 0 Å². The van der Waals surface area contributed by atoms with Crippen molar-refractivity contribution < 1.29 is 9.15 Å². The molecule has 3 aromatic heterocycles. The molecule has 0 bridgehead atoms. The van der Waals surface area contributed by atoms with Crippen LogP contribution in [0.3, 0.4) is 0 Å². The second-order valence-corrected chi connectivity index (χ2v) is 14.4. The van der Waals surface area contributed by atoms with E-state index in [9.17, 15) is 0 Å². The van der Waals surface area contributed by atoms with Crippen molar-refractivity contribution in [1.29, 1.82) is 0 Å². The Morgan fingerprint density at radius 3 is 1.93 bits per heavy atom. The molecule has 6 heteroatoms. The fourth-order valence-electron chi connectivity index (χ4n) is 8.19. The lowest BCUT2D eigenvalue weighted by molar-refractivity contribution is 0.421. The Hall–Kier alpha value is -7.05. The predicted molar refractivity (Wildman–Crippen MR) is 216 cm³/mol. The summed E-state index contributed by atoms with van der Waals surface area (Å²) in [5, 5.41) is 4.42. The monoisotopic (exact) mass is 696 g/mol. The highest BCUT2D eigenvalue weighted by atomic mass is 16.5. The summed E-state index contributed by atoms with van der Waals surface area (Å²) in [6.07, 6.45) is 0.